The number of fused-ring (bicyclic) bond motifs is 1. The highest BCUT2D eigenvalue weighted by atomic mass is 16.5. The second kappa shape index (κ2) is 6.72. The smallest absolute Gasteiger partial charge is 0.225 e. The van der Waals surface area contributed by atoms with Gasteiger partial charge in [-0.3, -0.25) is 0 Å². The summed E-state index contributed by atoms with van der Waals surface area (Å²) in [5, 5.41) is 7.89. The summed E-state index contributed by atoms with van der Waals surface area (Å²) in [6.07, 6.45) is 5.06. The number of ether oxygens (including phenoxy) is 1. The van der Waals surface area contributed by atoms with E-state index >= 15 is 0 Å². The zero-order chi connectivity index (χ0) is 14.5. The lowest BCUT2D eigenvalue weighted by Crippen LogP contribution is -2.17. The van der Waals surface area contributed by atoms with Crippen LogP contribution < -0.4 is 10.6 Å². The van der Waals surface area contributed by atoms with E-state index < -0.39 is 0 Å². The summed E-state index contributed by atoms with van der Waals surface area (Å²) >= 11 is 0. The Morgan fingerprint density at radius 3 is 2.81 bits per heavy atom. The summed E-state index contributed by atoms with van der Waals surface area (Å²) in [4.78, 5) is 9.21. The standard InChI is InChI=1S/C16H22N4O/c1-21-11-10-17-16-19-14-9-5-4-8-13(14)15(20-16)18-12-6-2-3-7-12/h4-5,8-9,12H,2-3,6-7,10-11H2,1H3,(H2,17,18,19,20). The number of aromatic nitrogens is 2. The van der Waals surface area contributed by atoms with Crippen LogP contribution in [0, 0.1) is 0 Å². The lowest BCUT2D eigenvalue weighted by Gasteiger charge is -2.16. The first-order valence-corrected chi connectivity index (χ1v) is 7.63. The number of hydrogen-bond donors (Lipinski definition) is 2. The van der Waals surface area contributed by atoms with Crippen molar-refractivity contribution < 1.29 is 4.74 Å². The number of nitrogens with one attached hydrogen (secondary N) is 2. The van der Waals surface area contributed by atoms with Crippen LogP contribution in [-0.2, 0) is 4.74 Å². The number of hydrogen-bond acceptors (Lipinski definition) is 5. The van der Waals surface area contributed by atoms with Gasteiger partial charge < -0.3 is 15.4 Å². The second-order valence-electron chi connectivity index (χ2n) is 5.46. The van der Waals surface area contributed by atoms with E-state index in [4.69, 9.17) is 4.74 Å². The maximum atomic E-state index is 5.06. The number of nitrogens with zero attached hydrogens (tertiary/aromatic N) is 2. The third-order valence-corrected chi connectivity index (χ3v) is 3.89. The van der Waals surface area contributed by atoms with Gasteiger partial charge in [0.1, 0.15) is 5.82 Å². The Bertz CT molecular complexity index is 596. The van der Waals surface area contributed by atoms with E-state index in [1.165, 1.54) is 25.7 Å². The van der Waals surface area contributed by atoms with Gasteiger partial charge in [-0.1, -0.05) is 25.0 Å². The number of methoxy groups -OCH3 is 1. The lowest BCUT2D eigenvalue weighted by molar-refractivity contribution is 0.210. The Hall–Kier alpha value is -1.88. The van der Waals surface area contributed by atoms with E-state index in [-0.39, 0.29) is 0 Å². The molecular weight excluding hydrogens is 264 g/mol. The molecule has 1 aliphatic rings. The minimum Gasteiger partial charge on any atom is -0.383 e. The minimum atomic E-state index is 0.537. The van der Waals surface area contributed by atoms with Crippen molar-refractivity contribution in [1.82, 2.24) is 9.97 Å². The predicted octanol–water partition coefficient (Wildman–Crippen LogP) is 3.04. The normalized spacial score (nSPS) is 15.5. The number of para-hydroxylation sites is 1. The van der Waals surface area contributed by atoms with Gasteiger partial charge in [0, 0.05) is 25.1 Å². The van der Waals surface area contributed by atoms with E-state index in [0.717, 1.165) is 16.7 Å². The Morgan fingerprint density at radius 2 is 2.00 bits per heavy atom. The molecule has 1 heterocycles. The average molecular weight is 286 g/mol. The first-order valence-electron chi connectivity index (χ1n) is 7.63. The molecule has 0 amide bonds. The van der Waals surface area contributed by atoms with Crippen LogP contribution in [0.15, 0.2) is 24.3 Å². The van der Waals surface area contributed by atoms with Crippen LogP contribution in [0.5, 0.6) is 0 Å². The molecule has 1 aromatic heterocycles. The summed E-state index contributed by atoms with van der Waals surface area (Å²) in [6.45, 7) is 1.35. The van der Waals surface area contributed by atoms with E-state index in [9.17, 15) is 0 Å². The minimum absolute atomic E-state index is 0.537. The van der Waals surface area contributed by atoms with Crippen LogP contribution in [0.2, 0.25) is 0 Å². The molecule has 0 radical (unpaired) electrons. The Morgan fingerprint density at radius 1 is 1.19 bits per heavy atom. The summed E-state index contributed by atoms with van der Waals surface area (Å²) in [5.74, 6) is 1.60. The third kappa shape index (κ3) is 3.42. The quantitative estimate of drug-likeness (QED) is 0.799. The fraction of sp³-hybridized carbons (Fsp3) is 0.500. The lowest BCUT2D eigenvalue weighted by atomic mass is 10.2. The first-order chi connectivity index (χ1) is 10.4. The maximum absolute atomic E-state index is 5.06. The second-order valence-corrected chi connectivity index (χ2v) is 5.46. The van der Waals surface area contributed by atoms with Crippen molar-refractivity contribution in [1.29, 1.82) is 0 Å². The van der Waals surface area contributed by atoms with Gasteiger partial charge in [0.25, 0.3) is 0 Å². The van der Waals surface area contributed by atoms with Gasteiger partial charge in [-0.05, 0) is 25.0 Å². The van der Waals surface area contributed by atoms with Crippen LogP contribution in [-0.4, -0.2) is 36.3 Å². The number of anilines is 2. The number of benzene rings is 1. The average Bonchev–Trinajstić information content (AvgIpc) is 3.01. The Balaban J connectivity index is 1.87. The fourth-order valence-corrected chi connectivity index (χ4v) is 2.79. The molecule has 0 atom stereocenters. The van der Waals surface area contributed by atoms with Crippen molar-refractivity contribution in [3.63, 3.8) is 0 Å². The van der Waals surface area contributed by atoms with E-state index in [1.807, 2.05) is 18.2 Å². The Labute approximate surface area is 125 Å². The van der Waals surface area contributed by atoms with Gasteiger partial charge in [-0.15, -0.1) is 0 Å². The van der Waals surface area contributed by atoms with Crippen LogP contribution >= 0.6 is 0 Å². The molecule has 0 unspecified atom stereocenters. The molecule has 5 heteroatoms. The molecule has 112 valence electrons. The molecule has 1 aliphatic carbocycles. The predicted molar refractivity (Wildman–Crippen MR) is 85.8 cm³/mol. The van der Waals surface area contributed by atoms with E-state index in [1.54, 1.807) is 7.11 Å². The summed E-state index contributed by atoms with van der Waals surface area (Å²) in [5.41, 5.74) is 0.966. The summed E-state index contributed by atoms with van der Waals surface area (Å²) < 4.78 is 5.06. The van der Waals surface area contributed by atoms with Crippen LogP contribution in [0.4, 0.5) is 11.8 Å². The molecule has 0 saturated heterocycles. The van der Waals surface area contributed by atoms with Gasteiger partial charge in [-0.25, -0.2) is 4.98 Å². The van der Waals surface area contributed by atoms with Gasteiger partial charge >= 0.3 is 0 Å². The molecule has 1 fully saturated rings. The van der Waals surface area contributed by atoms with Gasteiger partial charge in [0.15, 0.2) is 0 Å². The highest BCUT2D eigenvalue weighted by molar-refractivity contribution is 5.90. The molecule has 1 aromatic carbocycles. The molecule has 2 N–H and O–H groups in total. The van der Waals surface area contributed by atoms with Gasteiger partial charge in [0.05, 0.1) is 12.1 Å². The molecule has 21 heavy (non-hydrogen) atoms. The Kier molecular flexibility index (Phi) is 4.50. The molecule has 2 aromatic rings. The van der Waals surface area contributed by atoms with Crippen LogP contribution in [0.25, 0.3) is 10.9 Å². The monoisotopic (exact) mass is 286 g/mol. The van der Waals surface area contributed by atoms with E-state index in [0.29, 0.717) is 25.1 Å². The van der Waals surface area contributed by atoms with Gasteiger partial charge in [0.2, 0.25) is 5.95 Å². The van der Waals surface area contributed by atoms with Crippen molar-refractivity contribution in [2.45, 2.75) is 31.7 Å². The van der Waals surface area contributed by atoms with E-state index in [2.05, 4.69) is 26.7 Å². The van der Waals surface area contributed by atoms with Crippen molar-refractivity contribution in [2.75, 3.05) is 30.9 Å². The first kappa shape index (κ1) is 14.1. The molecule has 1 saturated carbocycles. The summed E-state index contributed by atoms with van der Waals surface area (Å²) in [7, 11) is 1.69. The maximum Gasteiger partial charge on any atom is 0.225 e. The summed E-state index contributed by atoms with van der Waals surface area (Å²) in [6, 6.07) is 8.68. The van der Waals surface area contributed by atoms with Crippen LogP contribution in [0.1, 0.15) is 25.7 Å². The van der Waals surface area contributed by atoms with Crippen molar-refractivity contribution in [3.8, 4) is 0 Å². The molecule has 0 aliphatic heterocycles. The largest absolute Gasteiger partial charge is 0.383 e. The van der Waals surface area contributed by atoms with Crippen molar-refractivity contribution >= 4 is 22.7 Å². The molecule has 3 rings (SSSR count). The zero-order valence-electron chi connectivity index (χ0n) is 12.4. The molecule has 0 bridgehead atoms. The molecule has 5 nitrogen and oxygen atoms in total. The molecule has 0 spiro atoms. The SMILES string of the molecule is COCCNc1nc(NC2CCCC2)c2ccccc2n1. The van der Waals surface area contributed by atoms with Gasteiger partial charge in [-0.2, -0.15) is 4.98 Å². The fourth-order valence-electron chi connectivity index (χ4n) is 2.79. The van der Waals surface area contributed by atoms with Crippen molar-refractivity contribution in [3.05, 3.63) is 24.3 Å². The highest BCUT2D eigenvalue weighted by Crippen LogP contribution is 2.26. The van der Waals surface area contributed by atoms with Crippen LogP contribution in [0.3, 0.4) is 0 Å². The topological polar surface area (TPSA) is 59.1 Å². The number of rotatable bonds is 6. The zero-order valence-corrected chi connectivity index (χ0v) is 12.4. The van der Waals surface area contributed by atoms with Crippen molar-refractivity contribution in [2.24, 2.45) is 0 Å². The third-order valence-electron chi connectivity index (χ3n) is 3.89. The highest BCUT2D eigenvalue weighted by Gasteiger charge is 2.17. The molecular formula is C16H22N4O.